The Morgan fingerprint density at radius 3 is 1.26 bits per heavy atom. The van der Waals surface area contributed by atoms with Crippen molar-refractivity contribution in [1.29, 1.82) is 0 Å². The molecule has 0 N–H and O–H groups in total. The summed E-state index contributed by atoms with van der Waals surface area (Å²) < 4.78 is 0. The van der Waals surface area contributed by atoms with Crippen LogP contribution < -0.4 is 0 Å². The molecule has 320 valence electrons. The summed E-state index contributed by atoms with van der Waals surface area (Å²) in [5, 5.41) is 23.2. The molecular weight excluding hydrogens is 829 g/mol. The second-order valence-corrected chi connectivity index (χ2v) is 20.0. The molecule has 0 unspecified atom stereocenters. The topological polar surface area (TPSA) is 0 Å². The highest BCUT2D eigenvalue weighted by atomic mass is 14.4. The van der Waals surface area contributed by atoms with Crippen LogP contribution >= 0.6 is 0 Å². The summed E-state index contributed by atoms with van der Waals surface area (Å²) in [4.78, 5) is 0. The van der Waals surface area contributed by atoms with E-state index in [0.717, 1.165) is 0 Å². The first-order valence-electron chi connectivity index (χ1n) is 24.3. The van der Waals surface area contributed by atoms with E-state index < -0.39 is 0 Å². The van der Waals surface area contributed by atoms with Crippen LogP contribution in [-0.2, 0) is 5.41 Å². The van der Waals surface area contributed by atoms with Crippen LogP contribution in [0.4, 0.5) is 0 Å². The van der Waals surface area contributed by atoms with E-state index in [4.69, 9.17) is 0 Å². The second kappa shape index (κ2) is 14.2. The molecule has 0 heteroatoms. The van der Waals surface area contributed by atoms with Gasteiger partial charge in [-0.3, -0.25) is 0 Å². The number of fused-ring (bicyclic) bond motifs is 18. The SMILES string of the molecule is CC1(C)c2cc(-c3ccc4ccc(-c5cc6ccc7ccccc7c6c6c5ccc5ccccc56)cc4c3)ccc2-c2ccc(-c3cc4ccc5ccc6ccccc6c5c4c4ccccc34)cc21. The zero-order valence-corrected chi connectivity index (χ0v) is 38.4. The van der Waals surface area contributed by atoms with Crippen molar-refractivity contribution in [3.63, 3.8) is 0 Å². The average Bonchev–Trinajstić information content (AvgIpc) is 3.63. The maximum Gasteiger partial charge on any atom is 0.0159 e. The summed E-state index contributed by atoms with van der Waals surface area (Å²) in [6.07, 6.45) is 0. The lowest BCUT2D eigenvalue weighted by molar-refractivity contribution is 0.661. The van der Waals surface area contributed by atoms with E-state index in [1.165, 1.54) is 153 Å². The van der Waals surface area contributed by atoms with Crippen LogP contribution in [0.3, 0.4) is 0 Å². The minimum atomic E-state index is -0.185. The highest BCUT2D eigenvalue weighted by Crippen LogP contribution is 2.52. The zero-order valence-electron chi connectivity index (χ0n) is 38.4. The Labute approximate surface area is 400 Å². The van der Waals surface area contributed by atoms with Gasteiger partial charge in [0, 0.05) is 5.41 Å². The lowest BCUT2D eigenvalue weighted by Gasteiger charge is -2.23. The van der Waals surface area contributed by atoms with E-state index in [1.54, 1.807) is 0 Å². The molecule has 1 aliphatic rings. The van der Waals surface area contributed by atoms with Crippen molar-refractivity contribution in [2.24, 2.45) is 0 Å². The van der Waals surface area contributed by atoms with Gasteiger partial charge in [-0.2, -0.15) is 0 Å². The molecule has 1 aliphatic carbocycles. The Kier molecular flexibility index (Phi) is 7.94. The number of hydrogen-bond donors (Lipinski definition) is 0. The largest absolute Gasteiger partial charge is 0.0616 e. The predicted octanol–water partition coefficient (Wildman–Crippen LogP) is 19.4. The minimum Gasteiger partial charge on any atom is -0.0616 e. The molecule has 0 saturated heterocycles. The van der Waals surface area contributed by atoms with Gasteiger partial charge in [0.25, 0.3) is 0 Å². The van der Waals surface area contributed by atoms with Gasteiger partial charge in [-0.1, -0.05) is 208 Å². The van der Waals surface area contributed by atoms with Crippen LogP contribution in [0.25, 0.3) is 141 Å². The molecule has 0 radical (unpaired) electrons. The van der Waals surface area contributed by atoms with Gasteiger partial charge in [-0.05, 0) is 189 Å². The van der Waals surface area contributed by atoms with Crippen molar-refractivity contribution in [2.45, 2.75) is 19.3 Å². The maximum absolute atomic E-state index is 2.48. The molecule has 14 aromatic rings. The normalized spacial score (nSPS) is 13.2. The average molecular weight is 873 g/mol. The first-order valence-corrected chi connectivity index (χ1v) is 24.3. The van der Waals surface area contributed by atoms with Gasteiger partial charge in [-0.15, -0.1) is 0 Å². The second-order valence-electron chi connectivity index (χ2n) is 20.0. The van der Waals surface area contributed by atoms with Crippen molar-refractivity contribution >= 4 is 97.0 Å². The number of benzene rings is 14. The highest BCUT2D eigenvalue weighted by Gasteiger charge is 2.36. The van der Waals surface area contributed by atoms with Crippen LogP contribution in [0.2, 0.25) is 0 Å². The Bertz CT molecular complexity index is 4560. The molecule has 0 heterocycles. The van der Waals surface area contributed by atoms with E-state index in [1.807, 2.05) is 0 Å². The summed E-state index contributed by atoms with van der Waals surface area (Å²) in [7, 11) is 0. The summed E-state index contributed by atoms with van der Waals surface area (Å²) in [6.45, 7) is 4.82. The smallest absolute Gasteiger partial charge is 0.0159 e. The highest BCUT2D eigenvalue weighted by molar-refractivity contribution is 6.31. The standard InChI is InChI=1S/C69H44/c1-69(2)63-39-47(30-32-57(63)58-33-31-49(40-64(58)69)61-37-51-28-24-45-23-21-42-11-3-6-14-53(42)65(45)67(51)59-18-10-9-17-56(59)61)46-25-19-41-20-26-48(36-52(41)35-46)62-38-50-27-22-43-12-4-7-15-54(43)66(50)68-55-16-8-5-13-44(55)29-34-60(62)68/h3-40H,1-2H3. The fourth-order valence-corrected chi connectivity index (χ4v) is 12.5. The van der Waals surface area contributed by atoms with E-state index >= 15 is 0 Å². The molecule has 0 amide bonds. The van der Waals surface area contributed by atoms with E-state index in [-0.39, 0.29) is 5.41 Å². The molecule has 15 rings (SSSR count). The number of rotatable bonds is 3. The predicted molar refractivity (Wildman–Crippen MR) is 298 cm³/mol. The molecular formula is C69H44. The third kappa shape index (κ3) is 5.58. The molecule has 0 spiro atoms. The van der Waals surface area contributed by atoms with Gasteiger partial charge in [-0.25, -0.2) is 0 Å². The van der Waals surface area contributed by atoms with Gasteiger partial charge in [0.15, 0.2) is 0 Å². The Morgan fingerprint density at radius 2 is 0.609 bits per heavy atom. The molecule has 0 aromatic heterocycles. The first-order chi connectivity index (χ1) is 33.9. The van der Waals surface area contributed by atoms with Gasteiger partial charge < -0.3 is 0 Å². The molecule has 69 heavy (non-hydrogen) atoms. The summed E-state index contributed by atoms with van der Waals surface area (Å²) in [5.41, 5.74) is 12.8. The molecule has 0 nitrogen and oxygen atoms in total. The van der Waals surface area contributed by atoms with Crippen molar-refractivity contribution in [1.82, 2.24) is 0 Å². The molecule has 0 saturated carbocycles. The van der Waals surface area contributed by atoms with Crippen molar-refractivity contribution in [3.05, 3.63) is 242 Å². The Morgan fingerprint density at radius 1 is 0.217 bits per heavy atom. The molecule has 0 aliphatic heterocycles. The number of hydrogen-bond acceptors (Lipinski definition) is 0. The summed E-state index contributed by atoms with van der Waals surface area (Å²) >= 11 is 0. The van der Waals surface area contributed by atoms with Gasteiger partial charge >= 0.3 is 0 Å². The quantitative estimate of drug-likeness (QED) is 0.155. The Hall–Kier alpha value is -8.58. The molecule has 0 fully saturated rings. The third-order valence-electron chi connectivity index (χ3n) is 15.9. The van der Waals surface area contributed by atoms with Crippen LogP contribution in [0, 0.1) is 0 Å². The van der Waals surface area contributed by atoms with Crippen LogP contribution in [0.15, 0.2) is 231 Å². The van der Waals surface area contributed by atoms with Crippen LogP contribution in [0.5, 0.6) is 0 Å². The van der Waals surface area contributed by atoms with E-state index in [0.29, 0.717) is 0 Å². The van der Waals surface area contributed by atoms with Crippen molar-refractivity contribution < 1.29 is 0 Å². The van der Waals surface area contributed by atoms with E-state index in [2.05, 4.69) is 244 Å². The van der Waals surface area contributed by atoms with Crippen molar-refractivity contribution in [3.8, 4) is 44.5 Å². The molecule has 0 bridgehead atoms. The van der Waals surface area contributed by atoms with Gasteiger partial charge in [0.05, 0.1) is 0 Å². The van der Waals surface area contributed by atoms with E-state index in [9.17, 15) is 0 Å². The summed E-state index contributed by atoms with van der Waals surface area (Å²) in [6, 6.07) is 87.1. The fraction of sp³-hybridized carbons (Fsp3) is 0.0435. The Balaban J connectivity index is 0.832. The lowest BCUT2D eigenvalue weighted by atomic mass is 9.80. The molecule has 0 atom stereocenters. The molecule has 14 aromatic carbocycles. The fourth-order valence-electron chi connectivity index (χ4n) is 12.5. The monoisotopic (exact) mass is 872 g/mol. The van der Waals surface area contributed by atoms with Crippen LogP contribution in [0.1, 0.15) is 25.0 Å². The first kappa shape index (κ1) is 38.5. The van der Waals surface area contributed by atoms with Gasteiger partial charge in [0.1, 0.15) is 0 Å². The zero-order chi connectivity index (χ0) is 45.5. The minimum absolute atomic E-state index is 0.185. The maximum atomic E-state index is 2.48. The lowest BCUT2D eigenvalue weighted by Crippen LogP contribution is -2.15. The third-order valence-corrected chi connectivity index (χ3v) is 15.9. The van der Waals surface area contributed by atoms with Crippen molar-refractivity contribution in [2.75, 3.05) is 0 Å². The summed E-state index contributed by atoms with van der Waals surface area (Å²) in [5.74, 6) is 0. The van der Waals surface area contributed by atoms with Gasteiger partial charge in [0.2, 0.25) is 0 Å². The van der Waals surface area contributed by atoms with Crippen LogP contribution in [-0.4, -0.2) is 0 Å².